The maximum Gasteiger partial charge on any atom is 0.229 e. The molecule has 6 rings (SSSR count). The highest BCUT2D eigenvalue weighted by Crippen LogP contribution is 2.37. The van der Waals surface area contributed by atoms with E-state index in [0.29, 0.717) is 0 Å². The molecule has 3 aliphatic heterocycles. The van der Waals surface area contributed by atoms with Gasteiger partial charge >= 0.3 is 0 Å². The molecule has 4 heterocycles. The van der Waals surface area contributed by atoms with Crippen LogP contribution in [0.2, 0.25) is 0 Å². The Kier molecular flexibility index (Phi) is 11.5. The number of benzene rings is 2. The third-order valence-electron chi connectivity index (χ3n) is 9.48. The maximum absolute atomic E-state index is 13.1. The van der Waals surface area contributed by atoms with Gasteiger partial charge in [-0.1, -0.05) is 0 Å². The lowest BCUT2D eigenvalue weighted by atomic mass is 9.97. The van der Waals surface area contributed by atoms with Crippen LogP contribution in [0, 0.1) is 0 Å². The highest BCUT2D eigenvalue weighted by atomic mass is 16.8. The maximum atomic E-state index is 13.1. The first-order valence-corrected chi connectivity index (χ1v) is 16.6. The van der Waals surface area contributed by atoms with Gasteiger partial charge in [0.1, 0.15) is 83.2 Å². The number of ether oxygens (including phenoxy) is 7. The van der Waals surface area contributed by atoms with Crippen LogP contribution < -0.4 is 14.9 Å². The molecule has 3 aliphatic rings. The van der Waals surface area contributed by atoms with Crippen LogP contribution in [0.5, 0.6) is 23.0 Å². The second-order valence-electron chi connectivity index (χ2n) is 13.1. The molecule has 1 aromatic heterocycles. The van der Waals surface area contributed by atoms with Crippen molar-refractivity contribution in [2.75, 3.05) is 13.7 Å². The summed E-state index contributed by atoms with van der Waals surface area (Å²) in [6, 6.07) is 7.63. The van der Waals surface area contributed by atoms with E-state index in [2.05, 4.69) is 0 Å². The predicted molar refractivity (Wildman–Crippen MR) is 175 cm³/mol. The zero-order valence-electron chi connectivity index (χ0n) is 28.5. The van der Waals surface area contributed by atoms with Crippen molar-refractivity contribution in [2.45, 2.75) is 106 Å². The number of aliphatic hydroxyl groups is 8. The van der Waals surface area contributed by atoms with E-state index >= 15 is 0 Å². The van der Waals surface area contributed by atoms with Gasteiger partial charge in [0.05, 0.1) is 25.9 Å². The Morgan fingerprint density at radius 1 is 0.679 bits per heavy atom. The summed E-state index contributed by atoms with van der Waals surface area (Å²) < 4.78 is 45.2. The highest BCUT2D eigenvalue weighted by Gasteiger charge is 2.52. The molecule has 0 amide bonds. The van der Waals surface area contributed by atoms with Crippen molar-refractivity contribution in [3.8, 4) is 34.3 Å². The molecular weight excluding hydrogens is 712 g/mol. The summed E-state index contributed by atoms with van der Waals surface area (Å²) in [7, 11) is 1.36. The lowest BCUT2D eigenvalue weighted by Gasteiger charge is -2.46. The lowest BCUT2D eigenvalue weighted by Crippen LogP contribution is -2.65. The van der Waals surface area contributed by atoms with Gasteiger partial charge in [-0.15, -0.1) is 0 Å². The number of rotatable bonds is 9. The number of aliphatic hydroxyl groups excluding tert-OH is 8. The van der Waals surface area contributed by atoms with Crippen LogP contribution in [0.15, 0.2) is 45.6 Å². The molecule has 0 unspecified atom stereocenters. The minimum atomic E-state index is -1.90. The quantitative estimate of drug-likeness (QED) is 0.110. The largest absolute Gasteiger partial charge is 0.507 e. The molecule has 2 aromatic carbocycles. The molecule has 0 saturated carbocycles. The van der Waals surface area contributed by atoms with E-state index in [1.165, 1.54) is 45.2 Å². The average molecular weight is 755 g/mol. The first-order chi connectivity index (χ1) is 25.1. The Hall–Kier alpha value is -3.67. The highest BCUT2D eigenvalue weighted by molar-refractivity contribution is 5.86. The fourth-order valence-electron chi connectivity index (χ4n) is 6.34. The van der Waals surface area contributed by atoms with Crippen LogP contribution in [0.25, 0.3) is 22.3 Å². The lowest BCUT2D eigenvalue weighted by molar-refractivity contribution is -0.360. The van der Waals surface area contributed by atoms with Crippen molar-refractivity contribution in [3.05, 3.63) is 46.6 Å². The van der Waals surface area contributed by atoms with Gasteiger partial charge in [0, 0.05) is 23.8 Å². The van der Waals surface area contributed by atoms with Gasteiger partial charge in [0.15, 0.2) is 35.6 Å². The Balaban J connectivity index is 1.31. The molecular formula is C34H42O19. The second kappa shape index (κ2) is 15.6. The molecule has 0 radical (unpaired) electrons. The summed E-state index contributed by atoms with van der Waals surface area (Å²) in [4.78, 5) is 13.1. The van der Waals surface area contributed by atoms with E-state index in [1.54, 1.807) is 0 Å². The molecule has 3 fully saturated rings. The predicted octanol–water partition coefficient (Wildman–Crippen LogP) is -2.24. The first kappa shape index (κ1) is 39.0. The molecule has 10 N–H and O–H groups in total. The van der Waals surface area contributed by atoms with Crippen LogP contribution in [-0.4, -0.2) is 157 Å². The third-order valence-corrected chi connectivity index (χ3v) is 9.48. The van der Waals surface area contributed by atoms with E-state index in [0.717, 1.165) is 12.1 Å². The van der Waals surface area contributed by atoms with Gasteiger partial charge in [-0.3, -0.25) is 4.79 Å². The number of phenolic OH excluding ortho intramolecular Hbond substituents is 2. The normalized spacial score (nSPS) is 37.8. The minimum Gasteiger partial charge on any atom is -0.507 e. The second-order valence-corrected chi connectivity index (χ2v) is 13.1. The van der Waals surface area contributed by atoms with Crippen molar-refractivity contribution in [2.24, 2.45) is 0 Å². The monoisotopic (exact) mass is 754 g/mol. The van der Waals surface area contributed by atoms with Gasteiger partial charge in [0.2, 0.25) is 6.29 Å². The number of hydrogen-bond acceptors (Lipinski definition) is 19. The van der Waals surface area contributed by atoms with Gasteiger partial charge in [-0.25, -0.2) is 0 Å². The topological polar surface area (TPSA) is 297 Å². The SMILES string of the molecule is COc1ccc(-c2cc(=O)c3c(O)cc(O[C@@H]4O[C@H](CO[C@@H]5O[C@@H](C)[C@H](O)[C@@H](O)[C@H]5O)[C@@H](O)[C@H](O)[C@H]4O[C@@H]4O[C@@H](C)[C@H](O)[C@@H](O)[C@H]4O)cc3o2)cc1O. The Labute approximate surface area is 300 Å². The number of aromatic hydroxyl groups is 2. The van der Waals surface area contributed by atoms with Crippen molar-refractivity contribution in [1.29, 1.82) is 0 Å². The fraction of sp³-hybridized carbons (Fsp3) is 0.559. The van der Waals surface area contributed by atoms with Crippen LogP contribution in [0.1, 0.15) is 13.8 Å². The molecule has 0 aliphatic carbocycles. The van der Waals surface area contributed by atoms with Gasteiger partial charge in [0.25, 0.3) is 0 Å². The van der Waals surface area contributed by atoms with Crippen LogP contribution >= 0.6 is 0 Å². The summed E-state index contributed by atoms with van der Waals surface area (Å²) >= 11 is 0. The molecule has 53 heavy (non-hydrogen) atoms. The van der Waals surface area contributed by atoms with Gasteiger partial charge in [-0.2, -0.15) is 0 Å². The number of phenols is 2. The summed E-state index contributed by atoms with van der Waals surface area (Å²) in [6.45, 7) is 2.23. The van der Waals surface area contributed by atoms with E-state index in [4.69, 9.17) is 37.6 Å². The number of methoxy groups -OCH3 is 1. The Morgan fingerprint density at radius 2 is 1.32 bits per heavy atom. The van der Waals surface area contributed by atoms with E-state index in [1.807, 2.05) is 0 Å². The van der Waals surface area contributed by atoms with Gasteiger partial charge < -0.3 is 88.6 Å². The molecule has 0 spiro atoms. The molecule has 3 saturated heterocycles. The molecule has 15 atom stereocenters. The van der Waals surface area contributed by atoms with Crippen LogP contribution in [-0.2, 0) is 23.7 Å². The zero-order valence-corrected chi connectivity index (χ0v) is 28.5. The third kappa shape index (κ3) is 7.67. The molecule has 19 heteroatoms. The average Bonchev–Trinajstić information content (AvgIpc) is 3.12. The van der Waals surface area contributed by atoms with Crippen molar-refractivity contribution < 1.29 is 88.6 Å². The zero-order chi connectivity index (χ0) is 38.5. The van der Waals surface area contributed by atoms with E-state index in [9.17, 15) is 55.9 Å². The Morgan fingerprint density at radius 3 is 1.96 bits per heavy atom. The molecule has 0 bridgehead atoms. The first-order valence-electron chi connectivity index (χ1n) is 16.6. The van der Waals surface area contributed by atoms with E-state index < -0.39 is 110 Å². The molecule has 19 nitrogen and oxygen atoms in total. The number of hydrogen-bond donors (Lipinski definition) is 10. The minimum absolute atomic E-state index is 0.000242. The van der Waals surface area contributed by atoms with Crippen LogP contribution in [0.4, 0.5) is 0 Å². The number of fused-ring (bicyclic) bond motifs is 1. The Bertz CT molecular complexity index is 1800. The standard InChI is InChI=1S/C34H42O19/c1-11-23(38)26(41)29(44)32(48-11)47-10-21-25(40)28(43)31(53-33-30(45)27(42)24(39)12(2)49-33)34(52-21)50-14-7-16(36)22-17(37)9-19(51-20(22)8-14)13-4-5-18(46-3)15(35)6-13/h4-9,11-12,21,23-36,38-45H,10H2,1-3H3/t11-,12-,21+,23-,24-,25+,26+,27+,28-,29+,30+,31+,32+,33-,34+/m0/s1. The summed E-state index contributed by atoms with van der Waals surface area (Å²) in [5, 5.41) is 105. The van der Waals surface area contributed by atoms with Crippen LogP contribution in [0.3, 0.4) is 0 Å². The van der Waals surface area contributed by atoms with Crippen molar-refractivity contribution >= 4 is 11.0 Å². The van der Waals surface area contributed by atoms with Crippen molar-refractivity contribution in [1.82, 2.24) is 0 Å². The van der Waals surface area contributed by atoms with E-state index in [-0.39, 0.29) is 39.5 Å². The molecule has 292 valence electrons. The fourth-order valence-corrected chi connectivity index (χ4v) is 6.34. The van der Waals surface area contributed by atoms with Crippen molar-refractivity contribution in [3.63, 3.8) is 0 Å². The van der Waals surface area contributed by atoms with Gasteiger partial charge in [-0.05, 0) is 32.0 Å². The smallest absolute Gasteiger partial charge is 0.229 e. The summed E-state index contributed by atoms with van der Waals surface area (Å²) in [5.41, 5.74) is -0.543. The summed E-state index contributed by atoms with van der Waals surface area (Å²) in [6.07, 6.45) is -23.6. The molecule has 3 aromatic rings. The summed E-state index contributed by atoms with van der Waals surface area (Å²) in [5.74, 6) is -0.866.